The second-order valence-corrected chi connectivity index (χ2v) is 4.08. The molecular formula is C10H16NO+. The van der Waals surface area contributed by atoms with Crippen LogP contribution in [0.1, 0.15) is 5.56 Å². The minimum absolute atomic E-state index is 0.394. The molecule has 0 bridgehead atoms. The molecule has 12 heavy (non-hydrogen) atoms. The molecule has 0 atom stereocenters. The molecule has 2 nitrogen and oxygen atoms in total. The van der Waals surface area contributed by atoms with E-state index in [2.05, 4.69) is 21.1 Å². The van der Waals surface area contributed by atoms with Crippen molar-refractivity contribution in [3.63, 3.8) is 0 Å². The van der Waals surface area contributed by atoms with Gasteiger partial charge in [0.25, 0.3) is 0 Å². The Labute approximate surface area is 73.7 Å². The van der Waals surface area contributed by atoms with Crippen LogP contribution in [-0.2, 0) is 6.54 Å². The minimum Gasteiger partial charge on any atom is -0.507 e. The summed E-state index contributed by atoms with van der Waals surface area (Å²) in [7, 11) is 6.31. The van der Waals surface area contributed by atoms with Gasteiger partial charge in [-0.15, -0.1) is 0 Å². The van der Waals surface area contributed by atoms with Gasteiger partial charge in [-0.05, 0) is 12.1 Å². The molecule has 0 aliphatic carbocycles. The first-order chi connectivity index (χ1) is 5.49. The van der Waals surface area contributed by atoms with Gasteiger partial charge in [-0.3, -0.25) is 0 Å². The third-order valence-corrected chi connectivity index (χ3v) is 1.64. The number of quaternary nitrogens is 1. The van der Waals surface area contributed by atoms with Crippen LogP contribution in [0.5, 0.6) is 5.75 Å². The second-order valence-electron chi connectivity index (χ2n) is 4.08. The van der Waals surface area contributed by atoms with Crippen LogP contribution in [0.2, 0.25) is 0 Å². The number of aromatic hydroxyl groups is 1. The van der Waals surface area contributed by atoms with E-state index in [-0.39, 0.29) is 0 Å². The van der Waals surface area contributed by atoms with Crippen LogP contribution in [-0.4, -0.2) is 30.7 Å². The molecule has 0 amide bonds. The zero-order chi connectivity index (χ0) is 9.19. The molecule has 0 aliphatic rings. The molecule has 0 saturated heterocycles. The van der Waals surface area contributed by atoms with Crippen LogP contribution in [0, 0.1) is 0 Å². The third-order valence-electron chi connectivity index (χ3n) is 1.64. The van der Waals surface area contributed by atoms with Crippen LogP contribution in [0.25, 0.3) is 0 Å². The lowest BCUT2D eigenvalue weighted by Crippen LogP contribution is -2.33. The van der Waals surface area contributed by atoms with Crippen LogP contribution >= 0.6 is 0 Å². The zero-order valence-electron chi connectivity index (χ0n) is 7.91. The summed E-state index contributed by atoms with van der Waals surface area (Å²) in [6.45, 7) is 0.854. The van der Waals surface area contributed by atoms with Gasteiger partial charge in [-0.25, -0.2) is 0 Å². The molecular weight excluding hydrogens is 150 g/mol. The van der Waals surface area contributed by atoms with Crippen LogP contribution in [0.3, 0.4) is 0 Å². The maximum atomic E-state index is 9.46. The highest BCUT2D eigenvalue weighted by molar-refractivity contribution is 5.30. The maximum absolute atomic E-state index is 9.46. The van der Waals surface area contributed by atoms with E-state index < -0.39 is 0 Å². The summed E-state index contributed by atoms with van der Waals surface area (Å²) in [6, 6.07) is 7.48. The molecule has 0 fully saturated rings. The Hall–Kier alpha value is -1.02. The summed E-state index contributed by atoms with van der Waals surface area (Å²) in [5.41, 5.74) is 1.00. The first kappa shape index (κ1) is 9.07. The smallest absolute Gasteiger partial charge is 0.124 e. The van der Waals surface area contributed by atoms with Crippen molar-refractivity contribution in [1.82, 2.24) is 0 Å². The van der Waals surface area contributed by atoms with E-state index in [1.807, 2.05) is 18.2 Å². The number of phenolic OH excluding ortho intramolecular Hbond substituents is 1. The largest absolute Gasteiger partial charge is 0.507 e. The molecule has 1 aromatic carbocycles. The molecule has 0 aromatic heterocycles. The molecule has 0 radical (unpaired) electrons. The predicted octanol–water partition coefficient (Wildman–Crippen LogP) is 1.60. The highest BCUT2D eigenvalue weighted by atomic mass is 16.3. The van der Waals surface area contributed by atoms with Crippen LogP contribution in [0.4, 0.5) is 0 Å². The molecule has 2 heteroatoms. The van der Waals surface area contributed by atoms with E-state index in [0.29, 0.717) is 5.75 Å². The molecule has 0 aliphatic heterocycles. The lowest BCUT2D eigenvalue weighted by atomic mass is 10.2. The van der Waals surface area contributed by atoms with Crippen molar-refractivity contribution in [1.29, 1.82) is 0 Å². The van der Waals surface area contributed by atoms with Gasteiger partial charge in [0.2, 0.25) is 0 Å². The Bertz CT molecular complexity index is 263. The first-order valence-electron chi connectivity index (χ1n) is 4.06. The van der Waals surface area contributed by atoms with Gasteiger partial charge >= 0.3 is 0 Å². The van der Waals surface area contributed by atoms with Crippen molar-refractivity contribution in [3.05, 3.63) is 29.8 Å². The van der Waals surface area contributed by atoms with Crippen molar-refractivity contribution < 1.29 is 9.59 Å². The van der Waals surface area contributed by atoms with Crippen molar-refractivity contribution in [2.75, 3.05) is 21.1 Å². The highest BCUT2D eigenvalue weighted by Gasteiger charge is 2.10. The summed E-state index contributed by atoms with van der Waals surface area (Å²) in [6.07, 6.45) is 0. The maximum Gasteiger partial charge on any atom is 0.124 e. The van der Waals surface area contributed by atoms with E-state index >= 15 is 0 Å². The lowest BCUT2D eigenvalue weighted by molar-refractivity contribution is -0.884. The lowest BCUT2D eigenvalue weighted by Gasteiger charge is -2.24. The van der Waals surface area contributed by atoms with E-state index in [1.165, 1.54) is 0 Å². The number of nitrogens with zero attached hydrogens (tertiary/aromatic N) is 1. The van der Waals surface area contributed by atoms with Crippen molar-refractivity contribution in [3.8, 4) is 5.75 Å². The standard InChI is InChI=1S/C10H15NO/c1-11(2,3)8-9-6-4-5-7-10(9)12/h4-7H,8H2,1-3H3/p+1. The van der Waals surface area contributed by atoms with E-state index in [0.717, 1.165) is 16.6 Å². The summed E-state index contributed by atoms with van der Waals surface area (Å²) in [4.78, 5) is 0. The van der Waals surface area contributed by atoms with E-state index in [4.69, 9.17) is 0 Å². The summed E-state index contributed by atoms with van der Waals surface area (Å²) < 4.78 is 0.831. The minimum atomic E-state index is 0.394. The average molecular weight is 166 g/mol. The van der Waals surface area contributed by atoms with Crippen molar-refractivity contribution >= 4 is 0 Å². The zero-order valence-corrected chi connectivity index (χ0v) is 7.91. The third kappa shape index (κ3) is 2.55. The summed E-state index contributed by atoms with van der Waals surface area (Å²) in [5.74, 6) is 0.394. The number of hydrogen-bond donors (Lipinski definition) is 1. The van der Waals surface area contributed by atoms with Gasteiger partial charge in [0.1, 0.15) is 12.3 Å². The average Bonchev–Trinajstić information content (AvgIpc) is 1.91. The fourth-order valence-electron chi connectivity index (χ4n) is 1.16. The quantitative estimate of drug-likeness (QED) is 0.662. The SMILES string of the molecule is C[N+](C)(C)Cc1ccccc1O. The molecule has 1 rings (SSSR count). The predicted molar refractivity (Wildman–Crippen MR) is 49.8 cm³/mol. The van der Waals surface area contributed by atoms with Crippen molar-refractivity contribution in [2.45, 2.75) is 6.54 Å². The second kappa shape index (κ2) is 3.15. The number of phenols is 1. The molecule has 0 unspecified atom stereocenters. The highest BCUT2D eigenvalue weighted by Crippen LogP contribution is 2.18. The number of para-hydroxylation sites is 1. The van der Waals surface area contributed by atoms with Gasteiger partial charge < -0.3 is 9.59 Å². The molecule has 1 N–H and O–H groups in total. The number of rotatable bonds is 2. The molecule has 66 valence electrons. The fraction of sp³-hybridized carbons (Fsp3) is 0.400. The van der Waals surface area contributed by atoms with Gasteiger partial charge in [0, 0.05) is 5.56 Å². The normalized spacial score (nSPS) is 11.6. The Morgan fingerprint density at radius 3 is 2.25 bits per heavy atom. The Morgan fingerprint density at radius 2 is 1.75 bits per heavy atom. The first-order valence-corrected chi connectivity index (χ1v) is 4.06. The van der Waals surface area contributed by atoms with Gasteiger partial charge in [0.15, 0.2) is 0 Å². The van der Waals surface area contributed by atoms with E-state index in [1.54, 1.807) is 6.07 Å². The molecule has 0 spiro atoms. The van der Waals surface area contributed by atoms with Crippen molar-refractivity contribution in [2.24, 2.45) is 0 Å². The number of hydrogen-bond acceptors (Lipinski definition) is 1. The Kier molecular flexibility index (Phi) is 2.38. The number of benzene rings is 1. The van der Waals surface area contributed by atoms with Gasteiger partial charge in [0.05, 0.1) is 21.1 Å². The van der Waals surface area contributed by atoms with E-state index in [9.17, 15) is 5.11 Å². The fourth-order valence-corrected chi connectivity index (χ4v) is 1.16. The molecule has 0 saturated carbocycles. The van der Waals surface area contributed by atoms with Crippen LogP contribution in [0.15, 0.2) is 24.3 Å². The topological polar surface area (TPSA) is 20.2 Å². The van der Waals surface area contributed by atoms with Gasteiger partial charge in [-0.2, -0.15) is 0 Å². The Balaban J connectivity index is 2.83. The molecule has 0 heterocycles. The molecule has 1 aromatic rings. The summed E-state index contributed by atoms with van der Waals surface area (Å²) >= 11 is 0. The monoisotopic (exact) mass is 166 g/mol. The Morgan fingerprint density at radius 1 is 1.17 bits per heavy atom. The van der Waals surface area contributed by atoms with Gasteiger partial charge in [-0.1, -0.05) is 12.1 Å². The summed E-state index contributed by atoms with van der Waals surface area (Å²) in [5, 5.41) is 9.46. The van der Waals surface area contributed by atoms with Crippen LogP contribution < -0.4 is 0 Å².